The van der Waals surface area contributed by atoms with Crippen molar-refractivity contribution in [1.82, 2.24) is 9.97 Å². The summed E-state index contributed by atoms with van der Waals surface area (Å²) in [5.74, 6) is -1.28. The van der Waals surface area contributed by atoms with E-state index in [1.807, 2.05) is 0 Å². The Bertz CT molecular complexity index is 686. The molecule has 114 valence electrons. The number of carbonyl (C=O) groups excluding carboxylic acids is 2. The van der Waals surface area contributed by atoms with Gasteiger partial charge < -0.3 is 9.47 Å². The average molecular weight is 341 g/mol. The van der Waals surface area contributed by atoms with E-state index in [9.17, 15) is 9.59 Å². The van der Waals surface area contributed by atoms with Crippen LogP contribution in [0.4, 0.5) is 0 Å². The van der Waals surface area contributed by atoms with Crippen molar-refractivity contribution in [3.63, 3.8) is 0 Å². The number of hydrogen-bond acceptors (Lipinski definition) is 6. The lowest BCUT2D eigenvalue weighted by atomic mass is 10.1. The fourth-order valence-corrected chi connectivity index (χ4v) is 2.08. The molecule has 0 fully saturated rings. The Labute approximate surface area is 136 Å². The first-order valence-corrected chi connectivity index (χ1v) is 6.73. The van der Waals surface area contributed by atoms with E-state index in [0.29, 0.717) is 0 Å². The van der Waals surface area contributed by atoms with E-state index in [-0.39, 0.29) is 32.8 Å². The van der Waals surface area contributed by atoms with Crippen LogP contribution < -0.4 is 0 Å². The number of aromatic nitrogens is 2. The number of pyridine rings is 2. The first-order chi connectivity index (χ1) is 10.5. The normalized spacial score (nSPS) is 10.2. The minimum Gasteiger partial charge on any atom is -0.465 e. The van der Waals surface area contributed by atoms with Gasteiger partial charge in [-0.25, -0.2) is 19.6 Å². The third-order valence-corrected chi connectivity index (χ3v) is 3.18. The van der Waals surface area contributed by atoms with E-state index in [1.165, 1.54) is 38.5 Å². The van der Waals surface area contributed by atoms with Gasteiger partial charge >= 0.3 is 11.9 Å². The summed E-state index contributed by atoms with van der Waals surface area (Å²) in [5.41, 5.74) is 0.378. The maximum atomic E-state index is 11.9. The molecule has 2 heterocycles. The van der Waals surface area contributed by atoms with Gasteiger partial charge in [-0.3, -0.25) is 0 Å². The minimum atomic E-state index is -0.642. The Morgan fingerprint density at radius 2 is 1.18 bits per heavy atom. The van der Waals surface area contributed by atoms with Crippen LogP contribution in [0.3, 0.4) is 0 Å². The summed E-state index contributed by atoms with van der Waals surface area (Å²) in [6.45, 7) is 0. The molecule has 0 aliphatic heterocycles. The van der Waals surface area contributed by atoms with Gasteiger partial charge in [0.25, 0.3) is 0 Å². The van der Waals surface area contributed by atoms with Crippen molar-refractivity contribution in [2.24, 2.45) is 0 Å². The fraction of sp³-hybridized carbons (Fsp3) is 0.143. The Kier molecular flexibility index (Phi) is 4.95. The molecule has 0 amide bonds. The second-order valence-electron chi connectivity index (χ2n) is 4.04. The number of ether oxygens (including phenoxy) is 2. The Hall–Kier alpha value is -2.18. The molecule has 0 spiro atoms. The smallest absolute Gasteiger partial charge is 0.340 e. The number of esters is 2. The molecule has 2 rings (SSSR count). The van der Waals surface area contributed by atoms with Crippen molar-refractivity contribution in [3.05, 3.63) is 45.7 Å². The summed E-state index contributed by atoms with van der Waals surface area (Å²) in [5, 5.41) is 0.250. The molecule has 2 aromatic heterocycles. The van der Waals surface area contributed by atoms with Crippen LogP contribution in [0.2, 0.25) is 10.3 Å². The molecule has 6 nitrogen and oxygen atoms in total. The number of rotatable bonds is 3. The molecule has 0 aliphatic rings. The molecular formula is C14H10Cl2N2O4. The summed E-state index contributed by atoms with van der Waals surface area (Å²) < 4.78 is 9.39. The number of halogens is 2. The van der Waals surface area contributed by atoms with Gasteiger partial charge in [0.2, 0.25) is 0 Å². The Balaban J connectivity index is 2.75. The third-order valence-electron chi connectivity index (χ3n) is 2.76. The van der Waals surface area contributed by atoms with Crippen LogP contribution in [0.5, 0.6) is 0 Å². The van der Waals surface area contributed by atoms with Gasteiger partial charge in [0.15, 0.2) is 0 Å². The third kappa shape index (κ3) is 3.18. The van der Waals surface area contributed by atoms with E-state index < -0.39 is 11.9 Å². The molecule has 0 bridgehead atoms. The molecule has 0 aliphatic carbocycles. The second kappa shape index (κ2) is 6.72. The highest BCUT2D eigenvalue weighted by atomic mass is 35.5. The van der Waals surface area contributed by atoms with Gasteiger partial charge in [-0.1, -0.05) is 23.2 Å². The summed E-state index contributed by atoms with van der Waals surface area (Å²) in [7, 11) is 2.46. The lowest BCUT2D eigenvalue weighted by Crippen LogP contribution is -2.10. The molecule has 0 unspecified atom stereocenters. The quantitative estimate of drug-likeness (QED) is 0.631. The molecular weight excluding hydrogens is 331 g/mol. The number of nitrogens with zero attached hydrogens (tertiary/aromatic N) is 2. The van der Waals surface area contributed by atoms with Crippen molar-refractivity contribution in [2.45, 2.75) is 0 Å². The predicted molar refractivity (Wildman–Crippen MR) is 80.2 cm³/mol. The number of hydrogen-bond donors (Lipinski definition) is 0. The molecule has 0 saturated carbocycles. The molecule has 2 aromatic rings. The van der Waals surface area contributed by atoms with Crippen LogP contribution in [0, 0.1) is 0 Å². The highest BCUT2D eigenvalue weighted by Crippen LogP contribution is 2.27. The predicted octanol–water partition coefficient (Wildman–Crippen LogP) is 3.02. The summed E-state index contributed by atoms with van der Waals surface area (Å²) >= 11 is 11.8. The molecule has 0 aromatic carbocycles. The topological polar surface area (TPSA) is 78.4 Å². The van der Waals surface area contributed by atoms with Gasteiger partial charge in [-0.05, 0) is 24.3 Å². The van der Waals surface area contributed by atoms with E-state index >= 15 is 0 Å². The second-order valence-corrected chi connectivity index (χ2v) is 4.82. The highest BCUT2D eigenvalue weighted by Gasteiger charge is 2.23. The first kappa shape index (κ1) is 16.2. The SMILES string of the molecule is COC(=O)c1ccc(Cl)nc1-c1nc(Cl)ccc1C(=O)OC. The van der Waals surface area contributed by atoms with Gasteiger partial charge in [0.05, 0.1) is 25.3 Å². The maximum absolute atomic E-state index is 11.9. The standard InChI is InChI=1S/C14H10Cl2N2O4/c1-21-13(19)7-3-5-9(15)17-11(7)12-8(14(20)22-2)4-6-10(16)18-12/h3-6H,1-2H3. The first-order valence-electron chi connectivity index (χ1n) is 5.98. The minimum absolute atomic E-state index is 0.0854. The van der Waals surface area contributed by atoms with Gasteiger partial charge in [-0.2, -0.15) is 0 Å². The van der Waals surface area contributed by atoms with Crippen molar-refractivity contribution in [2.75, 3.05) is 14.2 Å². The van der Waals surface area contributed by atoms with E-state index in [1.54, 1.807) is 0 Å². The highest BCUT2D eigenvalue weighted by molar-refractivity contribution is 6.30. The van der Waals surface area contributed by atoms with Crippen LogP contribution in [-0.2, 0) is 9.47 Å². The molecule has 0 N–H and O–H groups in total. The number of carbonyl (C=O) groups is 2. The van der Waals surface area contributed by atoms with Crippen molar-refractivity contribution < 1.29 is 19.1 Å². The van der Waals surface area contributed by atoms with Crippen molar-refractivity contribution in [3.8, 4) is 11.4 Å². The zero-order valence-corrected chi connectivity index (χ0v) is 13.1. The summed E-state index contributed by atoms with van der Waals surface area (Å²) in [6.07, 6.45) is 0. The number of methoxy groups -OCH3 is 2. The lowest BCUT2D eigenvalue weighted by Gasteiger charge is -2.10. The zero-order valence-electron chi connectivity index (χ0n) is 11.6. The van der Waals surface area contributed by atoms with Crippen molar-refractivity contribution >= 4 is 35.1 Å². The van der Waals surface area contributed by atoms with Crippen LogP contribution in [0.25, 0.3) is 11.4 Å². The van der Waals surface area contributed by atoms with Crippen molar-refractivity contribution in [1.29, 1.82) is 0 Å². The molecule has 22 heavy (non-hydrogen) atoms. The largest absolute Gasteiger partial charge is 0.465 e. The Morgan fingerprint density at radius 3 is 1.50 bits per heavy atom. The van der Waals surface area contributed by atoms with Crippen LogP contribution >= 0.6 is 23.2 Å². The summed E-state index contributed by atoms with van der Waals surface area (Å²) in [4.78, 5) is 31.9. The van der Waals surface area contributed by atoms with Crippen LogP contribution in [0.1, 0.15) is 20.7 Å². The van der Waals surface area contributed by atoms with Gasteiger partial charge in [0, 0.05) is 0 Å². The van der Waals surface area contributed by atoms with Crippen LogP contribution in [-0.4, -0.2) is 36.1 Å². The fourth-order valence-electron chi connectivity index (χ4n) is 1.78. The van der Waals surface area contributed by atoms with Crippen LogP contribution in [0.15, 0.2) is 24.3 Å². The molecule has 0 radical (unpaired) electrons. The Morgan fingerprint density at radius 1 is 0.818 bits per heavy atom. The molecule has 0 saturated heterocycles. The van der Waals surface area contributed by atoms with Gasteiger partial charge in [0.1, 0.15) is 21.7 Å². The van der Waals surface area contributed by atoms with E-state index in [2.05, 4.69) is 9.97 Å². The molecule has 8 heteroatoms. The summed E-state index contributed by atoms with van der Waals surface area (Å²) in [6, 6.07) is 5.72. The molecule has 0 atom stereocenters. The van der Waals surface area contributed by atoms with Gasteiger partial charge in [-0.15, -0.1) is 0 Å². The lowest BCUT2D eigenvalue weighted by molar-refractivity contribution is 0.0589. The zero-order chi connectivity index (χ0) is 16.3. The average Bonchev–Trinajstić information content (AvgIpc) is 2.53. The maximum Gasteiger partial charge on any atom is 0.340 e. The van der Waals surface area contributed by atoms with E-state index in [0.717, 1.165) is 0 Å². The van der Waals surface area contributed by atoms with E-state index in [4.69, 9.17) is 32.7 Å². The monoisotopic (exact) mass is 340 g/mol.